The molecule has 1 aliphatic carbocycles. The molecule has 0 aliphatic heterocycles. The Hall–Kier alpha value is -2.59. The Bertz CT molecular complexity index is 524. The summed E-state index contributed by atoms with van der Waals surface area (Å²) in [6.07, 6.45) is 16.3. The van der Waals surface area contributed by atoms with Crippen LogP contribution in [0.3, 0.4) is 0 Å². The maximum absolute atomic E-state index is 11.7. The Labute approximate surface area is 119 Å². The number of ether oxygens (including phenoxy) is 3. The van der Waals surface area contributed by atoms with Gasteiger partial charge in [0.2, 0.25) is 0 Å². The van der Waals surface area contributed by atoms with E-state index < -0.39 is 5.97 Å². The lowest BCUT2D eigenvalue weighted by Crippen LogP contribution is -2.04. The van der Waals surface area contributed by atoms with Gasteiger partial charge in [0.1, 0.15) is 18.1 Å². The van der Waals surface area contributed by atoms with Gasteiger partial charge in [0, 0.05) is 12.8 Å². The molecule has 20 heavy (non-hydrogen) atoms. The molecule has 0 N–H and O–H groups in total. The molecule has 0 amide bonds. The number of hydrogen-bond donors (Lipinski definition) is 0. The highest BCUT2D eigenvalue weighted by molar-refractivity contribution is 5.92. The first-order chi connectivity index (χ1) is 9.71. The number of rotatable bonds is 6. The normalized spacial score (nSPS) is 13.7. The number of hydrogen-bond acceptors (Lipinski definition) is 4. The summed E-state index contributed by atoms with van der Waals surface area (Å²) in [5.74, 6) is 5.51. The van der Waals surface area contributed by atoms with E-state index in [0.717, 1.165) is 0 Å². The first-order valence-electron chi connectivity index (χ1n) is 6.04. The topological polar surface area (TPSA) is 44.8 Å². The predicted molar refractivity (Wildman–Crippen MR) is 75.1 cm³/mol. The van der Waals surface area contributed by atoms with Gasteiger partial charge in [-0.3, -0.25) is 0 Å². The molecule has 0 radical (unpaired) electrons. The molecular formula is C16H16O4. The summed E-state index contributed by atoms with van der Waals surface area (Å²) in [6, 6.07) is 0. The van der Waals surface area contributed by atoms with Crippen LogP contribution in [0.5, 0.6) is 0 Å². The number of terminal acetylenes is 2. The van der Waals surface area contributed by atoms with Crippen molar-refractivity contribution in [2.45, 2.75) is 12.8 Å². The summed E-state index contributed by atoms with van der Waals surface area (Å²) in [5, 5.41) is 0. The number of carbonyl (C=O) groups excluding carboxylic acids is 1. The van der Waals surface area contributed by atoms with Crippen molar-refractivity contribution in [2.75, 3.05) is 20.3 Å². The van der Waals surface area contributed by atoms with E-state index >= 15 is 0 Å². The van der Waals surface area contributed by atoms with Crippen molar-refractivity contribution in [3.05, 3.63) is 35.3 Å². The quantitative estimate of drug-likeness (QED) is 0.421. The molecule has 1 aliphatic rings. The Morgan fingerprint density at radius 1 is 1.30 bits per heavy atom. The second-order valence-corrected chi connectivity index (χ2v) is 3.81. The van der Waals surface area contributed by atoms with Crippen LogP contribution in [-0.4, -0.2) is 26.3 Å². The smallest absolute Gasteiger partial charge is 0.338 e. The molecule has 0 saturated heterocycles. The average Bonchev–Trinajstić information content (AvgIpc) is 2.67. The molecule has 104 valence electrons. The fourth-order valence-electron chi connectivity index (χ4n) is 1.49. The minimum Gasteiger partial charge on any atom is -0.493 e. The molecule has 0 unspecified atom stereocenters. The molecule has 0 aromatic rings. The Morgan fingerprint density at radius 3 is 2.75 bits per heavy atom. The van der Waals surface area contributed by atoms with Gasteiger partial charge in [-0.25, -0.2) is 4.79 Å². The number of allylic oxidation sites excluding steroid dienone is 2. The van der Waals surface area contributed by atoms with E-state index in [1.807, 2.05) is 0 Å². The van der Waals surface area contributed by atoms with Gasteiger partial charge in [0.25, 0.3) is 0 Å². The first kappa shape index (κ1) is 15.5. The zero-order valence-corrected chi connectivity index (χ0v) is 11.3. The van der Waals surface area contributed by atoms with Gasteiger partial charge in [-0.1, -0.05) is 5.92 Å². The second-order valence-electron chi connectivity index (χ2n) is 3.81. The third kappa shape index (κ3) is 4.96. The van der Waals surface area contributed by atoms with Gasteiger partial charge in [-0.2, -0.15) is 0 Å². The highest BCUT2D eigenvalue weighted by Gasteiger charge is 2.14. The van der Waals surface area contributed by atoms with Crippen molar-refractivity contribution in [3.8, 4) is 24.7 Å². The van der Waals surface area contributed by atoms with Crippen molar-refractivity contribution in [3.63, 3.8) is 0 Å². The van der Waals surface area contributed by atoms with Crippen molar-refractivity contribution in [2.24, 2.45) is 0 Å². The van der Waals surface area contributed by atoms with Crippen LogP contribution in [-0.2, 0) is 19.0 Å². The van der Waals surface area contributed by atoms with E-state index in [2.05, 4.69) is 11.8 Å². The molecule has 0 aromatic carbocycles. The van der Waals surface area contributed by atoms with Crippen LogP contribution >= 0.6 is 0 Å². The van der Waals surface area contributed by atoms with E-state index in [9.17, 15) is 4.79 Å². The summed E-state index contributed by atoms with van der Waals surface area (Å²) < 4.78 is 15.6. The third-order valence-electron chi connectivity index (χ3n) is 2.40. The molecule has 4 nitrogen and oxygen atoms in total. The molecule has 0 bridgehead atoms. The Morgan fingerprint density at radius 2 is 2.10 bits per heavy atom. The van der Waals surface area contributed by atoms with Crippen molar-refractivity contribution in [1.29, 1.82) is 0 Å². The van der Waals surface area contributed by atoms with Crippen molar-refractivity contribution >= 4 is 5.97 Å². The molecular weight excluding hydrogens is 256 g/mol. The van der Waals surface area contributed by atoms with E-state index in [0.29, 0.717) is 36.5 Å². The van der Waals surface area contributed by atoms with Crippen molar-refractivity contribution in [1.82, 2.24) is 0 Å². The summed E-state index contributed by atoms with van der Waals surface area (Å²) >= 11 is 0. The van der Waals surface area contributed by atoms with Crippen LogP contribution in [0, 0.1) is 24.7 Å². The van der Waals surface area contributed by atoms with Gasteiger partial charge in [0.15, 0.2) is 0 Å². The molecule has 0 saturated carbocycles. The SMILES string of the molecule is C#CCCOC1=CCC(OCC#C)=CC(C(=O)OC)=C1. The van der Waals surface area contributed by atoms with Crippen LogP contribution < -0.4 is 0 Å². The standard InChI is InChI=1S/C16H16O4/c1-4-6-10-20-15-8-7-14(19-9-5-2)11-13(12-15)16(17)18-3/h1-2,8,11-12H,6-7,9-10H2,3H3. The minimum absolute atomic E-state index is 0.140. The lowest BCUT2D eigenvalue weighted by Gasteiger charge is -2.05. The number of esters is 1. The fraction of sp³-hybridized carbons (Fsp3) is 0.312. The molecule has 0 heterocycles. The summed E-state index contributed by atoms with van der Waals surface area (Å²) in [7, 11) is 1.31. The van der Waals surface area contributed by atoms with Crippen LogP contribution in [0.2, 0.25) is 0 Å². The highest BCUT2D eigenvalue weighted by Crippen LogP contribution is 2.19. The molecule has 0 spiro atoms. The molecule has 0 aromatic heterocycles. The zero-order valence-electron chi connectivity index (χ0n) is 11.3. The lowest BCUT2D eigenvalue weighted by atomic mass is 10.2. The summed E-state index contributed by atoms with van der Waals surface area (Å²) in [6.45, 7) is 0.523. The van der Waals surface area contributed by atoms with E-state index in [1.54, 1.807) is 18.2 Å². The molecule has 0 atom stereocenters. The van der Waals surface area contributed by atoms with Crippen LogP contribution in [0.25, 0.3) is 0 Å². The third-order valence-corrected chi connectivity index (χ3v) is 2.40. The Balaban J connectivity index is 2.86. The molecule has 4 heteroatoms. The summed E-state index contributed by atoms with van der Waals surface area (Å²) in [5.41, 5.74) is 0.337. The fourth-order valence-corrected chi connectivity index (χ4v) is 1.49. The minimum atomic E-state index is -0.472. The van der Waals surface area contributed by atoms with Gasteiger partial charge in [-0.05, 0) is 18.2 Å². The van der Waals surface area contributed by atoms with E-state index in [1.165, 1.54) is 7.11 Å². The maximum Gasteiger partial charge on any atom is 0.338 e. The van der Waals surface area contributed by atoms with E-state index in [-0.39, 0.29) is 6.61 Å². The highest BCUT2D eigenvalue weighted by atomic mass is 16.5. The van der Waals surface area contributed by atoms with Crippen LogP contribution in [0.1, 0.15) is 12.8 Å². The van der Waals surface area contributed by atoms with E-state index in [4.69, 9.17) is 27.1 Å². The number of methoxy groups -OCH3 is 1. The van der Waals surface area contributed by atoms with Gasteiger partial charge < -0.3 is 14.2 Å². The first-order valence-corrected chi connectivity index (χ1v) is 6.04. The second kappa shape index (κ2) is 8.50. The molecule has 0 fully saturated rings. The van der Waals surface area contributed by atoms with Crippen molar-refractivity contribution < 1.29 is 19.0 Å². The van der Waals surface area contributed by atoms with Gasteiger partial charge >= 0.3 is 5.97 Å². The lowest BCUT2D eigenvalue weighted by molar-refractivity contribution is -0.135. The predicted octanol–water partition coefficient (Wildman–Crippen LogP) is 1.95. The number of carbonyl (C=O) groups is 1. The van der Waals surface area contributed by atoms with Gasteiger partial charge in [0.05, 0.1) is 19.3 Å². The maximum atomic E-state index is 11.7. The zero-order chi connectivity index (χ0) is 14.8. The monoisotopic (exact) mass is 272 g/mol. The van der Waals surface area contributed by atoms with Crippen LogP contribution in [0.4, 0.5) is 0 Å². The molecule has 1 rings (SSSR count). The Kier molecular flexibility index (Phi) is 6.57. The largest absolute Gasteiger partial charge is 0.493 e. The average molecular weight is 272 g/mol. The summed E-state index contributed by atoms with van der Waals surface area (Å²) in [4.78, 5) is 11.7. The van der Waals surface area contributed by atoms with Gasteiger partial charge in [-0.15, -0.1) is 18.8 Å². The van der Waals surface area contributed by atoms with Crippen LogP contribution in [0.15, 0.2) is 35.3 Å².